The Morgan fingerprint density at radius 1 is 1.38 bits per heavy atom. The van der Waals surface area contributed by atoms with Gasteiger partial charge in [-0.05, 0) is 38.1 Å². The van der Waals surface area contributed by atoms with Crippen molar-refractivity contribution in [3.05, 3.63) is 35.5 Å². The Balaban J connectivity index is 1.63. The van der Waals surface area contributed by atoms with Gasteiger partial charge in [0.1, 0.15) is 9.88 Å². The molecule has 1 amide bonds. The summed E-state index contributed by atoms with van der Waals surface area (Å²) in [7, 11) is 1.72. The summed E-state index contributed by atoms with van der Waals surface area (Å²) in [6, 6.07) is 5.66. The van der Waals surface area contributed by atoms with Crippen molar-refractivity contribution in [2.75, 3.05) is 33.4 Å². The van der Waals surface area contributed by atoms with Crippen LogP contribution in [0.3, 0.4) is 0 Å². The van der Waals surface area contributed by atoms with Crippen LogP contribution in [0.2, 0.25) is 0 Å². The van der Waals surface area contributed by atoms with Crippen LogP contribution in [0.1, 0.15) is 22.5 Å². The van der Waals surface area contributed by atoms with Crippen LogP contribution in [0.4, 0.5) is 0 Å². The fourth-order valence-electron chi connectivity index (χ4n) is 2.98. The number of thiazole rings is 1. The average Bonchev–Trinajstić information content (AvgIpc) is 3.12. The molecule has 2 aromatic rings. The third-order valence-electron chi connectivity index (χ3n) is 4.35. The van der Waals surface area contributed by atoms with Crippen molar-refractivity contribution >= 4 is 17.2 Å². The van der Waals surface area contributed by atoms with Gasteiger partial charge in [-0.15, -0.1) is 11.3 Å². The first-order valence-corrected chi connectivity index (χ1v) is 8.89. The Morgan fingerprint density at radius 3 is 2.92 bits per heavy atom. The number of carbonyl (C=O) groups excluding carboxylic acids is 1. The number of aromatic nitrogens is 2. The lowest BCUT2D eigenvalue weighted by molar-refractivity contribution is 0.0512. The predicted octanol–water partition coefficient (Wildman–Crippen LogP) is 1.95. The molecular formula is C17H22N4O2S. The summed E-state index contributed by atoms with van der Waals surface area (Å²) in [4.78, 5) is 21.7. The molecule has 0 unspecified atom stereocenters. The lowest BCUT2D eigenvalue weighted by Crippen LogP contribution is -2.47. The lowest BCUT2D eigenvalue weighted by Gasteiger charge is -2.37. The molecule has 2 aromatic heterocycles. The average molecular weight is 346 g/mol. The monoisotopic (exact) mass is 346 g/mol. The highest BCUT2D eigenvalue weighted by Gasteiger charge is 2.32. The SMILES string of the molecule is COCC1(CNC(=O)c2cnc(-c3ccccn3)s2)CCNCC1. The molecule has 3 heterocycles. The van der Waals surface area contributed by atoms with E-state index in [9.17, 15) is 4.79 Å². The largest absolute Gasteiger partial charge is 0.384 e. The zero-order valence-corrected chi connectivity index (χ0v) is 14.6. The summed E-state index contributed by atoms with van der Waals surface area (Å²) in [5, 5.41) is 7.18. The van der Waals surface area contributed by atoms with E-state index in [-0.39, 0.29) is 11.3 Å². The van der Waals surface area contributed by atoms with E-state index in [2.05, 4.69) is 20.6 Å². The van der Waals surface area contributed by atoms with Crippen molar-refractivity contribution < 1.29 is 9.53 Å². The Hall–Kier alpha value is -1.83. The van der Waals surface area contributed by atoms with E-state index >= 15 is 0 Å². The zero-order chi connectivity index (χ0) is 16.8. The Labute approximate surface area is 145 Å². The van der Waals surface area contributed by atoms with Gasteiger partial charge in [0, 0.05) is 25.3 Å². The van der Waals surface area contributed by atoms with Crippen molar-refractivity contribution in [1.82, 2.24) is 20.6 Å². The van der Waals surface area contributed by atoms with Crippen LogP contribution in [0.15, 0.2) is 30.6 Å². The van der Waals surface area contributed by atoms with Gasteiger partial charge in [0.15, 0.2) is 0 Å². The molecule has 1 aliphatic heterocycles. The molecule has 0 aliphatic carbocycles. The first kappa shape index (κ1) is 17.0. The number of amides is 1. The van der Waals surface area contributed by atoms with E-state index in [4.69, 9.17) is 4.74 Å². The van der Waals surface area contributed by atoms with Gasteiger partial charge >= 0.3 is 0 Å². The molecule has 1 aliphatic rings. The number of nitrogens with one attached hydrogen (secondary N) is 2. The number of hydrogen-bond donors (Lipinski definition) is 2. The highest BCUT2D eigenvalue weighted by molar-refractivity contribution is 7.16. The Kier molecular flexibility index (Phi) is 5.55. The highest BCUT2D eigenvalue weighted by Crippen LogP contribution is 2.29. The predicted molar refractivity (Wildman–Crippen MR) is 94.1 cm³/mol. The van der Waals surface area contributed by atoms with Crippen LogP contribution in [-0.2, 0) is 4.74 Å². The van der Waals surface area contributed by atoms with E-state index in [0.717, 1.165) is 36.6 Å². The molecule has 0 atom stereocenters. The number of hydrogen-bond acceptors (Lipinski definition) is 6. The molecule has 0 radical (unpaired) electrons. The maximum absolute atomic E-state index is 12.5. The maximum Gasteiger partial charge on any atom is 0.263 e. The number of piperidine rings is 1. The van der Waals surface area contributed by atoms with Gasteiger partial charge in [-0.1, -0.05) is 6.07 Å². The third kappa shape index (κ3) is 3.98. The zero-order valence-electron chi connectivity index (χ0n) is 13.7. The Morgan fingerprint density at radius 2 is 2.21 bits per heavy atom. The van der Waals surface area contributed by atoms with Gasteiger partial charge in [-0.25, -0.2) is 4.98 Å². The molecule has 7 heteroatoms. The van der Waals surface area contributed by atoms with E-state index in [0.29, 0.717) is 18.0 Å². The summed E-state index contributed by atoms with van der Waals surface area (Å²) in [6.45, 7) is 3.21. The van der Waals surface area contributed by atoms with Crippen molar-refractivity contribution in [2.24, 2.45) is 5.41 Å². The molecule has 0 aromatic carbocycles. The maximum atomic E-state index is 12.5. The van der Waals surface area contributed by atoms with E-state index < -0.39 is 0 Å². The lowest BCUT2D eigenvalue weighted by atomic mass is 9.79. The van der Waals surface area contributed by atoms with Crippen LogP contribution in [0.25, 0.3) is 10.7 Å². The van der Waals surface area contributed by atoms with Crippen LogP contribution in [0, 0.1) is 5.41 Å². The van der Waals surface area contributed by atoms with Gasteiger partial charge in [-0.3, -0.25) is 9.78 Å². The van der Waals surface area contributed by atoms with Gasteiger partial charge < -0.3 is 15.4 Å². The first-order valence-electron chi connectivity index (χ1n) is 8.08. The number of carbonyl (C=O) groups is 1. The van der Waals surface area contributed by atoms with E-state index in [1.54, 1.807) is 19.5 Å². The number of ether oxygens (including phenoxy) is 1. The highest BCUT2D eigenvalue weighted by atomic mass is 32.1. The minimum atomic E-state index is -0.0799. The van der Waals surface area contributed by atoms with E-state index in [1.807, 2.05) is 18.2 Å². The first-order chi connectivity index (χ1) is 11.7. The second kappa shape index (κ2) is 7.83. The second-order valence-corrected chi connectivity index (χ2v) is 7.14. The molecule has 128 valence electrons. The molecule has 2 N–H and O–H groups in total. The van der Waals surface area contributed by atoms with Gasteiger partial charge in [-0.2, -0.15) is 0 Å². The smallest absolute Gasteiger partial charge is 0.263 e. The van der Waals surface area contributed by atoms with Gasteiger partial charge in [0.05, 0.1) is 18.5 Å². The molecule has 1 saturated heterocycles. The van der Waals surface area contributed by atoms with Crippen molar-refractivity contribution in [2.45, 2.75) is 12.8 Å². The van der Waals surface area contributed by atoms with Crippen LogP contribution in [0.5, 0.6) is 0 Å². The molecule has 1 fully saturated rings. The molecule has 3 rings (SSSR count). The minimum Gasteiger partial charge on any atom is -0.384 e. The molecule has 0 bridgehead atoms. The van der Waals surface area contributed by atoms with Crippen molar-refractivity contribution in [1.29, 1.82) is 0 Å². The quantitative estimate of drug-likeness (QED) is 0.836. The van der Waals surface area contributed by atoms with Crippen molar-refractivity contribution in [3.8, 4) is 10.7 Å². The summed E-state index contributed by atoms with van der Waals surface area (Å²) in [5.74, 6) is -0.0799. The summed E-state index contributed by atoms with van der Waals surface area (Å²) in [6.07, 6.45) is 5.35. The Bertz CT molecular complexity index is 663. The summed E-state index contributed by atoms with van der Waals surface area (Å²) in [5.41, 5.74) is 0.806. The standard InChI is InChI=1S/C17H22N4O2S/c1-23-12-17(5-8-18-9-6-17)11-21-15(22)14-10-20-16(24-14)13-4-2-3-7-19-13/h2-4,7,10,18H,5-6,8-9,11-12H2,1H3,(H,21,22). The van der Waals surface area contributed by atoms with Crippen LogP contribution in [-0.4, -0.2) is 49.2 Å². The topological polar surface area (TPSA) is 76.1 Å². The molecule has 0 spiro atoms. The molecule has 6 nitrogen and oxygen atoms in total. The number of rotatable bonds is 6. The summed E-state index contributed by atoms with van der Waals surface area (Å²) >= 11 is 1.36. The minimum absolute atomic E-state index is 0.0180. The van der Waals surface area contributed by atoms with Crippen molar-refractivity contribution in [3.63, 3.8) is 0 Å². The normalized spacial score (nSPS) is 16.7. The third-order valence-corrected chi connectivity index (χ3v) is 5.37. The number of pyridine rings is 1. The molecule has 0 saturated carbocycles. The van der Waals surface area contributed by atoms with Crippen LogP contribution >= 0.6 is 11.3 Å². The molecular weight excluding hydrogens is 324 g/mol. The molecule has 24 heavy (non-hydrogen) atoms. The second-order valence-electron chi connectivity index (χ2n) is 6.11. The van der Waals surface area contributed by atoms with Gasteiger partial charge in [0.25, 0.3) is 5.91 Å². The fourth-order valence-corrected chi connectivity index (χ4v) is 3.79. The number of methoxy groups -OCH3 is 1. The van der Waals surface area contributed by atoms with Crippen LogP contribution < -0.4 is 10.6 Å². The fraction of sp³-hybridized carbons (Fsp3) is 0.471. The van der Waals surface area contributed by atoms with Gasteiger partial charge in [0.2, 0.25) is 0 Å². The van der Waals surface area contributed by atoms with E-state index in [1.165, 1.54) is 11.3 Å². The number of nitrogens with zero attached hydrogens (tertiary/aromatic N) is 2. The summed E-state index contributed by atoms with van der Waals surface area (Å²) < 4.78 is 5.39.